The Morgan fingerprint density at radius 1 is 0.941 bits per heavy atom. The lowest BCUT2D eigenvalue weighted by atomic mass is 9.71. The Hall–Kier alpha value is -0.330. The molecule has 0 unspecified atom stereocenters. The lowest BCUT2D eigenvalue weighted by Crippen LogP contribution is -2.23. The molecule has 0 nitrogen and oxygen atoms in total. The fourth-order valence-corrected chi connectivity index (χ4v) is 3.58. The second kappa shape index (κ2) is 7.18. The van der Waals surface area contributed by atoms with Crippen LogP contribution in [0.1, 0.15) is 57.8 Å². The fraction of sp³-hybridized carbons (Fsp3) is 0.812. The van der Waals surface area contributed by atoms with Crippen molar-refractivity contribution in [3.05, 3.63) is 18.6 Å². The van der Waals surface area contributed by atoms with Gasteiger partial charge in [-0.3, -0.25) is 4.39 Å². The monoisotopic (exact) mass is 237 g/mol. The highest BCUT2D eigenvalue weighted by molar-refractivity contribution is 4.92. The van der Waals surface area contributed by atoms with E-state index < -0.39 is 0 Å². The van der Waals surface area contributed by atoms with E-state index >= 15 is 0 Å². The first-order valence-electron chi connectivity index (χ1n) is 7.44. The lowest BCUT2D eigenvalue weighted by Gasteiger charge is -2.35. The fourth-order valence-electron chi connectivity index (χ4n) is 3.58. The zero-order valence-electron chi connectivity index (χ0n) is 10.9. The van der Waals surface area contributed by atoms with Crippen molar-refractivity contribution in [2.75, 3.05) is 6.67 Å². The van der Waals surface area contributed by atoms with Crippen molar-refractivity contribution in [1.82, 2.24) is 0 Å². The summed E-state index contributed by atoms with van der Waals surface area (Å²) in [5, 5.41) is 0. The van der Waals surface area contributed by atoms with Gasteiger partial charge in [-0.25, -0.2) is 0 Å². The van der Waals surface area contributed by atoms with Crippen LogP contribution in [0.5, 0.6) is 0 Å². The summed E-state index contributed by atoms with van der Waals surface area (Å²) in [7, 11) is 0. The smallest absolute Gasteiger partial charge is 0.0928 e. The minimum absolute atomic E-state index is 0.204. The van der Waals surface area contributed by atoms with Gasteiger partial charge in [0.05, 0.1) is 6.67 Å². The van der Waals surface area contributed by atoms with Crippen molar-refractivity contribution in [1.29, 1.82) is 0 Å². The van der Waals surface area contributed by atoms with E-state index in [1.165, 1.54) is 51.4 Å². The van der Waals surface area contributed by atoms with Crippen LogP contribution in [0.4, 0.5) is 4.39 Å². The van der Waals surface area contributed by atoms with Crippen LogP contribution in [0.15, 0.2) is 12.2 Å². The van der Waals surface area contributed by atoms with Crippen molar-refractivity contribution in [2.24, 2.45) is 17.8 Å². The topological polar surface area (TPSA) is 0 Å². The Bertz CT molecular complexity index is 220. The zero-order chi connectivity index (χ0) is 11.9. The summed E-state index contributed by atoms with van der Waals surface area (Å²) in [6, 6.07) is 0. The molecule has 0 atom stereocenters. The Kier molecular flexibility index (Phi) is 5.54. The molecular weight excluding hydrogens is 211 g/mol. The Morgan fingerprint density at radius 2 is 1.59 bits per heavy atom. The van der Waals surface area contributed by atoms with Crippen molar-refractivity contribution < 1.29 is 4.39 Å². The first-order valence-corrected chi connectivity index (χ1v) is 7.44. The Morgan fingerprint density at radius 3 is 2.24 bits per heavy atom. The molecule has 0 aromatic heterocycles. The molecule has 1 heteroatoms. The van der Waals surface area contributed by atoms with Gasteiger partial charge in [-0.1, -0.05) is 12.2 Å². The van der Waals surface area contributed by atoms with E-state index in [0.29, 0.717) is 6.42 Å². The van der Waals surface area contributed by atoms with Crippen molar-refractivity contribution in [3.63, 3.8) is 0 Å². The van der Waals surface area contributed by atoms with Crippen molar-refractivity contribution in [2.45, 2.75) is 57.8 Å². The summed E-state index contributed by atoms with van der Waals surface area (Å²) in [6.45, 7) is -0.204. The number of halogens is 1. The molecule has 17 heavy (non-hydrogen) atoms. The third-order valence-corrected chi connectivity index (χ3v) is 4.65. The maximum Gasteiger partial charge on any atom is 0.0928 e. The molecule has 0 saturated heterocycles. The van der Waals surface area contributed by atoms with Gasteiger partial charge >= 0.3 is 0 Å². The summed E-state index contributed by atoms with van der Waals surface area (Å²) in [5.74, 6) is 2.75. The SMILES string of the molecule is FCC/C=C/[C@H]1CC[C@H](C2CC[CH]CC2)CC1. The average Bonchev–Trinajstić information content (AvgIpc) is 2.41. The predicted octanol–water partition coefficient (Wildman–Crippen LogP) is 5.10. The first-order chi connectivity index (χ1) is 8.40. The number of allylic oxidation sites excluding steroid dienone is 2. The molecule has 2 fully saturated rings. The molecule has 2 aliphatic rings. The van der Waals surface area contributed by atoms with Crippen molar-refractivity contribution in [3.8, 4) is 0 Å². The van der Waals surface area contributed by atoms with Gasteiger partial charge in [0.2, 0.25) is 0 Å². The normalized spacial score (nSPS) is 32.1. The second-order valence-corrected chi connectivity index (χ2v) is 5.78. The quantitative estimate of drug-likeness (QED) is 0.596. The van der Waals surface area contributed by atoms with Crippen LogP contribution in [0.25, 0.3) is 0 Å². The van der Waals surface area contributed by atoms with Crippen LogP contribution in [-0.2, 0) is 0 Å². The Balaban J connectivity index is 1.69. The lowest BCUT2D eigenvalue weighted by molar-refractivity contribution is 0.192. The van der Waals surface area contributed by atoms with Gasteiger partial charge in [-0.15, -0.1) is 0 Å². The number of hydrogen-bond acceptors (Lipinski definition) is 0. The standard InChI is InChI=1S/C16H26F/c17-13-5-4-6-14-9-11-16(12-10-14)15-7-2-1-3-8-15/h1,4,6,14-16H,2-3,5,7-13H2/b6-4+/t14-,16-. The molecule has 0 aromatic rings. The summed E-state index contributed by atoms with van der Waals surface area (Å²) in [4.78, 5) is 0. The summed E-state index contributed by atoms with van der Waals surface area (Å²) < 4.78 is 12.0. The Labute approximate surface area is 106 Å². The second-order valence-electron chi connectivity index (χ2n) is 5.78. The number of hydrogen-bond donors (Lipinski definition) is 0. The molecule has 1 radical (unpaired) electrons. The van der Waals surface area contributed by atoms with E-state index in [1.54, 1.807) is 0 Å². The molecule has 2 rings (SSSR count). The highest BCUT2D eigenvalue weighted by Crippen LogP contribution is 2.39. The van der Waals surface area contributed by atoms with E-state index in [-0.39, 0.29) is 6.67 Å². The van der Waals surface area contributed by atoms with Crippen LogP contribution in [0, 0.1) is 24.2 Å². The largest absolute Gasteiger partial charge is 0.251 e. The van der Waals surface area contributed by atoms with Crippen LogP contribution in [0.3, 0.4) is 0 Å². The molecule has 2 aliphatic carbocycles. The van der Waals surface area contributed by atoms with Gasteiger partial charge in [0, 0.05) is 0 Å². The summed E-state index contributed by atoms with van der Waals surface area (Å²) in [5.41, 5.74) is 0. The van der Waals surface area contributed by atoms with Gasteiger partial charge in [0.1, 0.15) is 0 Å². The van der Waals surface area contributed by atoms with Crippen LogP contribution < -0.4 is 0 Å². The molecular formula is C16H26F. The molecule has 0 bridgehead atoms. The molecule has 0 aromatic carbocycles. The maximum absolute atomic E-state index is 12.0. The average molecular weight is 237 g/mol. The van der Waals surface area contributed by atoms with Gasteiger partial charge in [-0.05, 0) is 82.0 Å². The van der Waals surface area contributed by atoms with E-state index in [1.807, 2.05) is 6.08 Å². The van der Waals surface area contributed by atoms with Crippen molar-refractivity contribution >= 4 is 0 Å². The highest BCUT2D eigenvalue weighted by Gasteiger charge is 2.27. The maximum atomic E-state index is 12.0. The van der Waals surface area contributed by atoms with Gasteiger partial charge < -0.3 is 0 Å². The molecule has 2 saturated carbocycles. The van der Waals surface area contributed by atoms with Crippen LogP contribution in [0.2, 0.25) is 0 Å². The van der Waals surface area contributed by atoms with Crippen LogP contribution in [-0.4, -0.2) is 6.67 Å². The van der Waals surface area contributed by atoms with Gasteiger partial charge in [-0.2, -0.15) is 0 Å². The molecule has 97 valence electrons. The van der Waals surface area contributed by atoms with E-state index in [4.69, 9.17) is 0 Å². The summed E-state index contributed by atoms with van der Waals surface area (Å²) in [6.07, 6.45) is 18.5. The minimum atomic E-state index is -0.204. The van der Waals surface area contributed by atoms with Gasteiger partial charge in [0.15, 0.2) is 0 Å². The van der Waals surface area contributed by atoms with E-state index in [0.717, 1.165) is 17.8 Å². The number of alkyl halides is 1. The number of rotatable bonds is 4. The van der Waals surface area contributed by atoms with E-state index in [9.17, 15) is 4.39 Å². The zero-order valence-corrected chi connectivity index (χ0v) is 10.9. The first kappa shape index (κ1) is 13.1. The van der Waals surface area contributed by atoms with Gasteiger partial charge in [0.25, 0.3) is 0 Å². The predicted molar refractivity (Wildman–Crippen MR) is 71.4 cm³/mol. The molecule has 0 N–H and O–H groups in total. The molecule has 0 aliphatic heterocycles. The van der Waals surface area contributed by atoms with Crippen LogP contribution >= 0.6 is 0 Å². The summed E-state index contributed by atoms with van der Waals surface area (Å²) >= 11 is 0. The third kappa shape index (κ3) is 4.12. The molecule has 0 spiro atoms. The molecule has 0 amide bonds. The molecule has 0 heterocycles. The van der Waals surface area contributed by atoms with E-state index in [2.05, 4.69) is 12.5 Å². The third-order valence-electron chi connectivity index (χ3n) is 4.65. The highest BCUT2D eigenvalue weighted by atomic mass is 19.1. The minimum Gasteiger partial charge on any atom is -0.251 e.